The van der Waals surface area contributed by atoms with E-state index < -0.39 is 63.5 Å². The fourth-order valence-electron chi connectivity index (χ4n) is 7.26. The number of nitrogens with zero attached hydrogens (tertiary/aromatic N) is 7. The normalized spacial score (nSPS) is 16.4. The first-order valence-electron chi connectivity index (χ1n) is 21.4. The average Bonchev–Trinajstić information content (AvgIpc) is 4.01. The van der Waals surface area contributed by atoms with Crippen molar-refractivity contribution in [3.63, 3.8) is 0 Å². The van der Waals surface area contributed by atoms with Crippen LogP contribution in [-0.2, 0) is 49.4 Å². The van der Waals surface area contributed by atoms with E-state index in [2.05, 4.69) is 15.6 Å². The van der Waals surface area contributed by atoms with Crippen molar-refractivity contribution in [1.29, 1.82) is 0 Å². The largest absolute Gasteiger partial charge is 0.497 e. The molecule has 2 heterocycles. The number of thioether (sulfide) groups is 1. The van der Waals surface area contributed by atoms with Crippen molar-refractivity contribution in [3.8, 4) is 5.75 Å². The molecule has 0 spiro atoms. The second-order valence-electron chi connectivity index (χ2n) is 15.9. The van der Waals surface area contributed by atoms with E-state index in [4.69, 9.17) is 18.9 Å². The van der Waals surface area contributed by atoms with Gasteiger partial charge in [-0.05, 0) is 83.6 Å². The molecule has 0 aliphatic carbocycles. The number of nitro groups is 3. The van der Waals surface area contributed by atoms with Gasteiger partial charge >= 0.3 is 18.3 Å². The van der Waals surface area contributed by atoms with Crippen LogP contribution in [0, 0.1) is 30.3 Å². The van der Waals surface area contributed by atoms with Gasteiger partial charge in [-0.25, -0.2) is 14.4 Å². The molecule has 6 rings (SSSR count). The van der Waals surface area contributed by atoms with Crippen molar-refractivity contribution in [2.45, 2.75) is 55.7 Å². The number of carbonyl (C=O) groups is 5. The zero-order chi connectivity index (χ0) is 50.3. The second kappa shape index (κ2) is 24.1. The zero-order valence-electron chi connectivity index (χ0n) is 37.7. The summed E-state index contributed by atoms with van der Waals surface area (Å²) >= 11 is 1.58. The van der Waals surface area contributed by atoms with Gasteiger partial charge in [-0.3, -0.25) is 50.1 Å². The van der Waals surface area contributed by atoms with E-state index in [0.29, 0.717) is 41.0 Å². The Bertz CT molecular complexity index is 2580. The van der Waals surface area contributed by atoms with E-state index in [0.717, 1.165) is 10.5 Å². The number of ether oxygens (including phenoxy) is 4. The summed E-state index contributed by atoms with van der Waals surface area (Å²) in [7, 11) is 2.92. The second-order valence-corrected chi connectivity index (χ2v) is 17.2. The molecule has 2 aliphatic rings. The standard InChI is InChI=1S/C45H47N9O15S/c1-49(42(47-43(57)67-25-29-3-11-34(12-4-29)52(60)61)48-44(58)68-26-30-5-13-35(14-6-30)53(62)63)24-40(55)46-33-19-20-50(22-33)41(56)39-21-38(70-28-32-9-17-37(66-2)18-10-32)23-51(39)45(59)69-27-31-7-15-36(16-8-31)54(64)65/h3-18,33,38-39H,19-28H2,1-2H3,(H,46,55)(H,47,48,57,58)/t33-,38-,39-/m0/s1. The van der Waals surface area contributed by atoms with Gasteiger partial charge in [0.2, 0.25) is 17.8 Å². The Hall–Kier alpha value is -8.35. The number of amides is 5. The lowest BCUT2D eigenvalue weighted by Crippen LogP contribution is -2.50. The van der Waals surface area contributed by atoms with Crippen LogP contribution in [0.1, 0.15) is 35.1 Å². The molecule has 0 unspecified atom stereocenters. The topological polar surface area (TPSA) is 298 Å². The number of non-ortho nitro benzene ring substituents is 3. The van der Waals surface area contributed by atoms with Gasteiger partial charge in [0.15, 0.2) is 0 Å². The number of alkyl carbamates (subject to hydrolysis) is 1. The van der Waals surface area contributed by atoms with Crippen LogP contribution in [0.3, 0.4) is 0 Å². The number of aliphatic imine (C=N–C) groups is 1. The van der Waals surface area contributed by atoms with Gasteiger partial charge in [0.05, 0.1) is 28.4 Å². The quantitative estimate of drug-likeness (QED) is 0.0421. The third kappa shape index (κ3) is 14.6. The number of rotatable bonds is 17. The number of likely N-dealkylation sites (tertiary alicyclic amines) is 2. The third-order valence-corrected chi connectivity index (χ3v) is 12.3. The van der Waals surface area contributed by atoms with Crippen molar-refractivity contribution in [2.24, 2.45) is 4.99 Å². The molecule has 2 saturated heterocycles. The van der Waals surface area contributed by atoms with Crippen LogP contribution < -0.4 is 15.4 Å². The number of nitrogens with one attached hydrogen (secondary N) is 2. The van der Waals surface area contributed by atoms with E-state index in [1.807, 2.05) is 24.3 Å². The predicted molar refractivity (Wildman–Crippen MR) is 249 cm³/mol. The molecule has 2 fully saturated rings. The van der Waals surface area contributed by atoms with Gasteiger partial charge in [-0.2, -0.15) is 11.8 Å². The molecule has 0 radical (unpaired) electrons. The minimum atomic E-state index is -1.20. The van der Waals surface area contributed by atoms with Crippen LogP contribution in [0.25, 0.3) is 0 Å². The molecule has 368 valence electrons. The number of guanidine groups is 1. The summed E-state index contributed by atoms with van der Waals surface area (Å²) in [4.78, 5) is 106. The summed E-state index contributed by atoms with van der Waals surface area (Å²) < 4.78 is 21.3. The minimum Gasteiger partial charge on any atom is -0.497 e. The van der Waals surface area contributed by atoms with Gasteiger partial charge in [0.1, 0.15) is 31.6 Å². The molecule has 24 nitrogen and oxygen atoms in total. The zero-order valence-corrected chi connectivity index (χ0v) is 38.5. The van der Waals surface area contributed by atoms with Crippen LogP contribution in [0.4, 0.5) is 31.4 Å². The molecule has 4 aromatic carbocycles. The molecule has 0 aromatic heterocycles. The highest BCUT2D eigenvalue weighted by atomic mass is 32.2. The molecular formula is C45H47N9O15S. The summed E-state index contributed by atoms with van der Waals surface area (Å²) in [6, 6.07) is 22.1. The Morgan fingerprint density at radius 2 is 1.24 bits per heavy atom. The molecule has 2 aliphatic heterocycles. The number of nitro benzene ring substituents is 3. The Balaban J connectivity index is 1.07. The van der Waals surface area contributed by atoms with E-state index in [1.165, 1.54) is 84.7 Å². The van der Waals surface area contributed by atoms with E-state index >= 15 is 0 Å². The van der Waals surface area contributed by atoms with Crippen LogP contribution >= 0.6 is 11.8 Å². The number of hydrogen-bond acceptors (Lipinski definition) is 16. The Labute approximate surface area is 403 Å². The van der Waals surface area contributed by atoms with Crippen molar-refractivity contribution < 1.29 is 57.7 Å². The maximum absolute atomic E-state index is 14.2. The summed E-state index contributed by atoms with van der Waals surface area (Å²) in [6.45, 7) is -0.753. The van der Waals surface area contributed by atoms with Crippen LogP contribution in [0.2, 0.25) is 0 Å². The highest BCUT2D eigenvalue weighted by Gasteiger charge is 2.44. The summed E-state index contributed by atoms with van der Waals surface area (Å²) in [6.07, 6.45) is -2.34. The van der Waals surface area contributed by atoms with Gasteiger partial charge in [-0.1, -0.05) is 12.1 Å². The fraction of sp³-hybridized carbons (Fsp3) is 0.333. The van der Waals surface area contributed by atoms with E-state index in [9.17, 15) is 54.3 Å². The molecule has 2 N–H and O–H groups in total. The molecule has 3 atom stereocenters. The number of methoxy groups -OCH3 is 1. The first-order chi connectivity index (χ1) is 33.5. The monoisotopic (exact) mass is 985 g/mol. The minimum absolute atomic E-state index is 0.100. The Kier molecular flexibility index (Phi) is 17.6. The summed E-state index contributed by atoms with van der Waals surface area (Å²) in [5.74, 6) is -0.0719. The summed E-state index contributed by atoms with van der Waals surface area (Å²) in [5.41, 5.74) is 1.87. The van der Waals surface area contributed by atoms with E-state index in [-0.39, 0.29) is 67.7 Å². The summed E-state index contributed by atoms with van der Waals surface area (Å²) in [5, 5.41) is 38.2. The number of likely N-dealkylation sites (N-methyl/N-ethyl adjacent to an activating group) is 1. The molecule has 0 bridgehead atoms. The SMILES string of the molecule is COc1ccc(CS[C@H]2C[C@@H](C(=O)N3CC[C@H](NC(=O)CN(C)C(=NC(=O)OCc4ccc([N+](=O)[O-])cc4)NC(=O)OCc4ccc([N+](=O)[O-])cc4)C3)N(C(=O)OCc3ccc([N+](=O)[O-])cc3)C2)cc1. The number of hydrogen-bond donors (Lipinski definition) is 2. The first-order valence-corrected chi connectivity index (χ1v) is 22.5. The average molecular weight is 986 g/mol. The molecule has 0 saturated carbocycles. The Morgan fingerprint density at radius 1 is 0.729 bits per heavy atom. The molecule has 25 heteroatoms. The first kappa shape index (κ1) is 51.0. The lowest BCUT2D eigenvalue weighted by molar-refractivity contribution is -0.385. The maximum Gasteiger partial charge on any atom is 0.437 e. The highest BCUT2D eigenvalue weighted by Crippen LogP contribution is 2.33. The fourth-order valence-corrected chi connectivity index (χ4v) is 8.47. The predicted octanol–water partition coefficient (Wildman–Crippen LogP) is 5.70. The third-order valence-electron chi connectivity index (χ3n) is 11.0. The highest BCUT2D eigenvalue weighted by molar-refractivity contribution is 7.99. The van der Waals surface area contributed by atoms with Gasteiger partial charge in [-0.15, -0.1) is 4.99 Å². The van der Waals surface area contributed by atoms with Gasteiger partial charge in [0, 0.05) is 80.1 Å². The van der Waals surface area contributed by atoms with Crippen molar-refractivity contribution >= 4 is 64.9 Å². The Morgan fingerprint density at radius 3 is 1.77 bits per heavy atom. The van der Waals surface area contributed by atoms with E-state index in [1.54, 1.807) is 23.8 Å². The maximum atomic E-state index is 14.2. The van der Waals surface area contributed by atoms with Crippen LogP contribution in [0.15, 0.2) is 102 Å². The van der Waals surface area contributed by atoms with Crippen molar-refractivity contribution in [3.05, 3.63) is 150 Å². The van der Waals surface area contributed by atoms with Crippen LogP contribution in [0.5, 0.6) is 5.75 Å². The molecule has 4 aromatic rings. The van der Waals surface area contributed by atoms with Crippen molar-refractivity contribution in [1.82, 2.24) is 25.3 Å². The lowest BCUT2D eigenvalue weighted by atomic mass is 10.2. The number of benzene rings is 4. The smallest absolute Gasteiger partial charge is 0.437 e. The molecular weight excluding hydrogens is 939 g/mol. The molecule has 5 amide bonds. The van der Waals surface area contributed by atoms with Gasteiger partial charge < -0.3 is 34.1 Å². The molecule has 70 heavy (non-hydrogen) atoms. The van der Waals surface area contributed by atoms with Crippen molar-refractivity contribution in [2.75, 3.05) is 40.3 Å². The van der Waals surface area contributed by atoms with Gasteiger partial charge in [0.25, 0.3) is 17.1 Å². The number of carbonyl (C=O) groups excluding carboxylic acids is 5. The lowest BCUT2D eigenvalue weighted by Gasteiger charge is -2.27. The van der Waals surface area contributed by atoms with Crippen LogP contribution in [-0.4, -0.2) is 123 Å².